The number of hydrogen-bond donors (Lipinski definition) is 1. The minimum Gasteiger partial charge on any atom is -0.497 e. The Hall–Kier alpha value is -2.59. The van der Waals surface area contributed by atoms with Crippen molar-refractivity contribution in [2.75, 3.05) is 14.2 Å². The quantitative estimate of drug-likeness (QED) is 0.861. The second-order valence-electron chi connectivity index (χ2n) is 4.33. The molecule has 0 aliphatic carbocycles. The predicted octanol–water partition coefficient (Wildman–Crippen LogP) is 1.57. The number of aliphatic hydroxyl groups is 1. The Morgan fingerprint density at radius 2 is 1.95 bits per heavy atom. The van der Waals surface area contributed by atoms with Gasteiger partial charge in [-0.3, -0.25) is 0 Å². The van der Waals surface area contributed by atoms with Gasteiger partial charge >= 0.3 is 0 Å². The van der Waals surface area contributed by atoms with Crippen molar-refractivity contribution in [3.8, 4) is 29.0 Å². The maximum absolute atomic E-state index is 9.56. The number of nitriles is 1. The Labute approximate surface area is 121 Å². The average molecular weight is 289 g/mol. The van der Waals surface area contributed by atoms with E-state index in [2.05, 4.69) is 10.1 Å². The van der Waals surface area contributed by atoms with Crippen LogP contribution in [0.3, 0.4) is 0 Å². The Morgan fingerprint density at radius 1 is 1.29 bits per heavy atom. The van der Waals surface area contributed by atoms with Crippen molar-refractivity contribution in [1.29, 1.82) is 5.26 Å². The maximum atomic E-state index is 9.56. The molecule has 1 aromatic carbocycles. The van der Waals surface area contributed by atoms with Gasteiger partial charge in [0.15, 0.2) is 0 Å². The van der Waals surface area contributed by atoms with Crippen molar-refractivity contribution >= 4 is 0 Å². The molecule has 1 atom stereocenters. The van der Waals surface area contributed by atoms with Gasteiger partial charge in [-0.1, -0.05) is 5.16 Å². The third-order valence-corrected chi connectivity index (χ3v) is 2.81. The van der Waals surface area contributed by atoms with Crippen LogP contribution in [-0.4, -0.2) is 35.6 Å². The Bertz CT molecular complexity index is 626. The van der Waals surface area contributed by atoms with Gasteiger partial charge in [-0.2, -0.15) is 10.2 Å². The molecule has 0 fully saturated rings. The monoisotopic (exact) mass is 289 g/mol. The van der Waals surface area contributed by atoms with E-state index in [1.54, 1.807) is 32.4 Å². The molecular formula is C14H15N3O4. The Morgan fingerprint density at radius 3 is 2.52 bits per heavy atom. The van der Waals surface area contributed by atoms with E-state index >= 15 is 0 Å². The molecule has 1 aromatic heterocycles. The zero-order valence-corrected chi connectivity index (χ0v) is 11.7. The lowest BCUT2D eigenvalue weighted by Gasteiger charge is -2.05. The first-order valence-electron chi connectivity index (χ1n) is 6.27. The summed E-state index contributed by atoms with van der Waals surface area (Å²) in [6.45, 7) is 0. The molecule has 0 aliphatic heterocycles. The molecule has 1 N–H and O–H groups in total. The van der Waals surface area contributed by atoms with Crippen molar-refractivity contribution < 1.29 is 19.1 Å². The maximum Gasteiger partial charge on any atom is 0.229 e. The second kappa shape index (κ2) is 6.72. The fraction of sp³-hybridized carbons (Fsp3) is 0.357. The molecule has 7 heteroatoms. The molecular weight excluding hydrogens is 274 g/mol. The molecule has 1 unspecified atom stereocenters. The van der Waals surface area contributed by atoms with E-state index in [1.165, 1.54) is 0 Å². The number of benzene rings is 1. The summed E-state index contributed by atoms with van der Waals surface area (Å²) in [6.07, 6.45) is -0.657. The summed E-state index contributed by atoms with van der Waals surface area (Å²) in [4.78, 5) is 4.20. The number of nitrogens with zero attached hydrogens (tertiary/aromatic N) is 3. The smallest absolute Gasteiger partial charge is 0.229 e. The van der Waals surface area contributed by atoms with Crippen LogP contribution in [0, 0.1) is 11.3 Å². The van der Waals surface area contributed by atoms with Crippen LogP contribution in [0.5, 0.6) is 11.5 Å². The molecule has 0 aliphatic rings. The van der Waals surface area contributed by atoms with Gasteiger partial charge < -0.3 is 19.1 Å². The first-order chi connectivity index (χ1) is 10.2. The summed E-state index contributed by atoms with van der Waals surface area (Å²) >= 11 is 0. The number of aromatic nitrogens is 2. The predicted molar refractivity (Wildman–Crippen MR) is 72.8 cm³/mol. The lowest BCUT2D eigenvalue weighted by Crippen LogP contribution is -2.09. The first kappa shape index (κ1) is 14.8. The minimum atomic E-state index is -0.817. The van der Waals surface area contributed by atoms with Gasteiger partial charge in [0.1, 0.15) is 11.5 Å². The fourth-order valence-electron chi connectivity index (χ4n) is 1.77. The summed E-state index contributed by atoms with van der Waals surface area (Å²) in [7, 11) is 3.11. The van der Waals surface area contributed by atoms with Crippen molar-refractivity contribution in [1.82, 2.24) is 10.1 Å². The van der Waals surface area contributed by atoms with E-state index in [4.69, 9.17) is 19.3 Å². The molecule has 7 nitrogen and oxygen atoms in total. The number of methoxy groups -OCH3 is 2. The van der Waals surface area contributed by atoms with E-state index in [1.807, 2.05) is 6.07 Å². The van der Waals surface area contributed by atoms with Gasteiger partial charge in [0.05, 0.1) is 39.2 Å². The van der Waals surface area contributed by atoms with Crippen LogP contribution in [0.15, 0.2) is 22.7 Å². The highest BCUT2D eigenvalue weighted by Gasteiger charge is 2.14. The average Bonchev–Trinajstić information content (AvgIpc) is 2.95. The Kier molecular flexibility index (Phi) is 4.74. The summed E-state index contributed by atoms with van der Waals surface area (Å²) in [5.74, 6) is 1.86. The molecule has 21 heavy (non-hydrogen) atoms. The lowest BCUT2D eigenvalue weighted by molar-refractivity contribution is 0.167. The van der Waals surface area contributed by atoms with Gasteiger partial charge in [0.25, 0.3) is 0 Å². The van der Waals surface area contributed by atoms with E-state index in [-0.39, 0.29) is 18.7 Å². The van der Waals surface area contributed by atoms with Gasteiger partial charge in [-0.05, 0) is 12.1 Å². The fourth-order valence-corrected chi connectivity index (χ4v) is 1.77. The topological polar surface area (TPSA) is 101 Å². The van der Waals surface area contributed by atoms with E-state index < -0.39 is 6.10 Å². The molecule has 0 amide bonds. The zero-order valence-electron chi connectivity index (χ0n) is 11.7. The van der Waals surface area contributed by atoms with Crippen LogP contribution in [0.4, 0.5) is 0 Å². The SMILES string of the molecule is COc1cc(OC)cc(-c2noc(CC(O)CC#N)n2)c1. The molecule has 1 heterocycles. The molecule has 0 saturated heterocycles. The largest absolute Gasteiger partial charge is 0.497 e. The van der Waals surface area contributed by atoms with Gasteiger partial charge in [0, 0.05) is 11.6 Å². The summed E-state index contributed by atoms with van der Waals surface area (Å²) < 4.78 is 15.4. The summed E-state index contributed by atoms with van der Waals surface area (Å²) in [6, 6.07) is 7.13. The molecule has 0 saturated carbocycles. The van der Waals surface area contributed by atoms with Gasteiger partial charge in [-0.25, -0.2) is 0 Å². The van der Waals surface area contributed by atoms with E-state index in [0.717, 1.165) is 0 Å². The second-order valence-corrected chi connectivity index (χ2v) is 4.33. The van der Waals surface area contributed by atoms with Crippen molar-refractivity contribution in [2.45, 2.75) is 18.9 Å². The first-order valence-corrected chi connectivity index (χ1v) is 6.27. The minimum absolute atomic E-state index is 0.0185. The van der Waals surface area contributed by atoms with Crippen LogP contribution < -0.4 is 9.47 Å². The van der Waals surface area contributed by atoms with Crippen LogP contribution in [-0.2, 0) is 6.42 Å². The van der Waals surface area contributed by atoms with Crippen molar-refractivity contribution in [2.24, 2.45) is 0 Å². The normalized spacial score (nSPS) is 11.7. The van der Waals surface area contributed by atoms with Crippen LogP contribution in [0.25, 0.3) is 11.4 Å². The van der Waals surface area contributed by atoms with E-state index in [0.29, 0.717) is 22.9 Å². The Balaban J connectivity index is 2.23. The van der Waals surface area contributed by atoms with Crippen molar-refractivity contribution in [3.63, 3.8) is 0 Å². The standard InChI is InChI=1S/C14H15N3O4/c1-19-11-5-9(6-12(8-11)20-2)14-16-13(21-17-14)7-10(18)3-4-15/h5-6,8,10,18H,3,7H2,1-2H3. The zero-order chi connectivity index (χ0) is 15.2. The number of hydrogen-bond acceptors (Lipinski definition) is 7. The number of rotatable bonds is 6. The molecule has 2 rings (SSSR count). The summed E-state index contributed by atoms with van der Waals surface area (Å²) in [5.41, 5.74) is 0.677. The van der Waals surface area contributed by atoms with Gasteiger partial charge in [0.2, 0.25) is 11.7 Å². The third-order valence-electron chi connectivity index (χ3n) is 2.81. The highest BCUT2D eigenvalue weighted by Crippen LogP contribution is 2.28. The molecule has 0 radical (unpaired) electrons. The van der Waals surface area contributed by atoms with Crippen LogP contribution in [0.2, 0.25) is 0 Å². The van der Waals surface area contributed by atoms with E-state index in [9.17, 15) is 5.11 Å². The highest BCUT2D eigenvalue weighted by atomic mass is 16.5. The molecule has 110 valence electrons. The lowest BCUT2D eigenvalue weighted by atomic mass is 10.2. The third kappa shape index (κ3) is 3.70. The highest BCUT2D eigenvalue weighted by molar-refractivity contribution is 5.60. The number of aliphatic hydroxyl groups excluding tert-OH is 1. The molecule has 2 aromatic rings. The molecule has 0 spiro atoms. The number of ether oxygens (including phenoxy) is 2. The van der Waals surface area contributed by atoms with Crippen molar-refractivity contribution in [3.05, 3.63) is 24.1 Å². The summed E-state index contributed by atoms with van der Waals surface area (Å²) in [5, 5.41) is 21.9. The van der Waals surface area contributed by atoms with Gasteiger partial charge in [-0.15, -0.1) is 0 Å². The molecule has 0 bridgehead atoms. The van der Waals surface area contributed by atoms with Crippen LogP contribution >= 0.6 is 0 Å². The van der Waals surface area contributed by atoms with Crippen LogP contribution in [0.1, 0.15) is 12.3 Å².